The zero-order valence-electron chi connectivity index (χ0n) is 11.1. The van der Waals surface area contributed by atoms with Gasteiger partial charge in [-0.05, 0) is 45.0 Å². The van der Waals surface area contributed by atoms with Crippen LogP contribution in [0.3, 0.4) is 0 Å². The molecule has 3 nitrogen and oxygen atoms in total. The second-order valence-corrected chi connectivity index (χ2v) is 5.14. The Morgan fingerprint density at radius 1 is 1.53 bits per heavy atom. The minimum absolute atomic E-state index is 0.340. The molecule has 0 heterocycles. The van der Waals surface area contributed by atoms with Crippen molar-refractivity contribution in [2.24, 2.45) is 10.7 Å². The predicted octanol–water partition coefficient (Wildman–Crippen LogP) is 2.51. The summed E-state index contributed by atoms with van der Waals surface area (Å²) in [6.07, 6.45) is 8.57. The van der Waals surface area contributed by atoms with Gasteiger partial charge in [-0.15, -0.1) is 0 Å². The van der Waals surface area contributed by atoms with E-state index in [4.69, 9.17) is 5.73 Å². The summed E-state index contributed by atoms with van der Waals surface area (Å²) in [6, 6.07) is 0. The van der Waals surface area contributed by atoms with Crippen molar-refractivity contribution < 1.29 is 0 Å². The Bertz CT molecular complexity index is 227. The average molecular weight is 304 g/mol. The Labute approximate surface area is 114 Å². The van der Waals surface area contributed by atoms with Crippen LogP contribution in [0, 0.1) is 0 Å². The molecule has 0 aromatic heterocycles. The van der Waals surface area contributed by atoms with Crippen molar-refractivity contribution in [2.75, 3.05) is 26.7 Å². The lowest BCUT2D eigenvalue weighted by molar-refractivity contribution is 0.735. The second-order valence-electron chi connectivity index (χ2n) is 4.03. The number of nitrogens with zero attached hydrogens (tertiary/aromatic N) is 1. The maximum atomic E-state index is 5.58. The summed E-state index contributed by atoms with van der Waals surface area (Å²) >= 11 is 3.67. The molecule has 4 heteroatoms. The smallest absolute Gasteiger partial charge is 0.0419 e. The van der Waals surface area contributed by atoms with E-state index in [2.05, 4.69) is 39.2 Å². The third kappa shape index (κ3) is 9.51. The average Bonchev–Trinajstić information content (AvgIpc) is 2.33. The van der Waals surface area contributed by atoms with Gasteiger partial charge in [0, 0.05) is 17.6 Å². The molecule has 0 aliphatic carbocycles. The second kappa shape index (κ2) is 12.3. The van der Waals surface area contributed by atoms with Crippen LogP contribution in [0.25, 0.3) is 0 Å². The Morgan fingerprint density at radius 3 is 2.88 bits per heavy atom. The molecule has 0 rings (SSSR count). The van der Waals surface area contributed by atoms with Gasteiger partial charge in [0.15, 0.2) is 0 Å². The van der Waals surface area contributed by atoms with Crippen molar-refractivity contribution in [3.63, 3.8) is 0 Å². The molecule has 1 atom stereocenters. The molecule has 0 radical (unpaired) electrons. The third-order valence-corrected chi connectivity index (χ3v) is 3.39. The van der Waals surface area contributed by atoms with Gasteiger partial charge in [0.2, 0.25) is 0 Å². The van der Waals surface area contributed by atoms with E-state index >= 15 is 0 Å². The molecule has 0 aromatic rings. The van der Waals surface area contributed by atoms with Gasteiger partial charge in [-0.25, -0.2) is 0 Å². The molecule has 0 aromatic carbocycles. The van der Waals surface area contributed by atoms with Crippen molar-refractivity contribution in [3.8, 4) is 0 Å². The van der Waals surface area contributed by atoms with Gasteiger partial charge in [0.05, 0.1) is 0 Å². The molecule has 100 valence electrons. The minimum atomic E-state index is 0.340. The highest BCUT2D eigenvalue weighted by molar-refractivity contribution is 9.09. The number of nitrogens with one attached hydrogen (secondary N) is 1. The van der Waals surface area contributed by atoms with Gasteiger partial charge in [-0.3, -0.25) is 4.99 Å². The quantitative estimate of drug-likeness (QED) is 0.370. The van der Waals surface area contributed by atoms with Gasteiger partial charge < -0.3 is 11.1 Å². The molecule has 0 saturated carbocycles. The normalized spacial score (nSPS) is 14.5. The Kier molecular flexibility index (Phi) is 12.1. The van der Waals surface area contributed by atoms with Crippen LogP contribution >= 0.6 is 15.9 Å². The topological polar surface area (TPSA) is 50.4 Å². The Morgan fingerprint density at radius 2 is 2.29 bits per heavy atom. The molecule has 0 aliphatic rings. The molecule has 0 bridgehead atoms. The summed E-state index contributed by atoms with van der Waals surface area (Å²) in [5.74, 6) is 0. The third-order valence-electron chi connectivity index (χ3n) is 2.40. The lowest BCUT2D eigenvalue weighted by atomic mass is 10.1. The highest BCUT2D eigenvalue weighted by atomic mass is 79.9. The number of aliphatic imine (C=N–C) groups is 1. The molecule has 0 aliphatic heterocycles. The zero-order valence-corrected chi connectivity index (χ0v) is 12.7. The number of alkyl halides is 1. The first kappa shape index (κ1) is 16.8. The predicted molar refractivity (Wildman–Crippen MR) is 81.3 cm³/mol. The number of nitrogens with two attached hydrogens (primary N) is 1. The standard InChI is InChI=1S/C13H26BrN3/c1-3-4-6-12(13(14)7-8-15)11-17-10-5-9-16-2/h6,11,13,16H,3-5,7-10,15H2,1-2H3/b12-6+,17-11?. The Hall–Kier alpha value is -0.190. The van der Waals surface area contributed by atoms with Gasteiger partial charge in [0.25, 0.3) is 0 Å². The van der Waals surface area contributed by atoms with Crippen LogP contribution in [0.15, 0.2) is 16.6 Å². The fourth-order valence-corrected chi connectivity index (χ4v) is 1.97. The van der Waals surface area contributed by atoms with Crippen molar-refractivity contribution >= 4 is 22.1 Å². The van der Waals surface area contributed by atoms with Crippen LogP contribution in [0.5, 0.6) is 0 Å². The van der Waals surface area contributed by atoms with E-state index in [1.165, 1.54) is 12.0 Å². The lowest BCUT2D eigenvalue weighted by Crippen LogP contribution is -2.12. The monoisotopic (exact) mass is 303 g/mol. The Balaban J connectivity index is 4.18. The number of halogens is 1. The molecule has 17 heavy (non-hydrogen) atoms. The first-order valence-corrected chi connectivity index (χ1v) is 7.36. The maximum absolute atomic E-state index is 5.58. The van der Waals surface area contributed by atoms with Gasteiger partial charge in [0.1, 0.15) is 0 Å². The van der Waals surface area contributed by atoms with E-state index in [0.29, 0.717) is 11.4 Å². The first-order valence-electron chi connectivity index (χ1n) is 6.44. The van der Waals surface area contributed by atoms with Crippen LogP contribution in [-0.4, -0.2) is 37.7 Å². The minimum Gasteiger partial charge on any atom is -0.330 e. The number of rotatable bonds is 10. The summed E-state index contributed by atoms with van der Waals surface area (Å²) in [4.78, 5) is 4.80. The van der Waals surface area contributed by atoms with E-state index in [0.717, 1.165) is 32.4 Å². The summed E-state index contributed by atoms with van der Waals surface area (Å²) in [5, 5.41) is 3.12. The highest BCUT2D eigenvalue weighted by Gasteiger charge is 2.06. The molecule has 0 spiro atoms. The van der Waals surface area contributed by atoms with Gasteiger partial charge in [-0.2, -0.15) is 0 Å². The molecule has 0 saturated heterocycles. The fraction of sp³-hybridized carbons (Fsp3) is 0.769. The highest BCUT2D eigenvalue weighted by Crippen LogP contribution is 2.15. The molecule has 0 fully saturated rings. The van der Waals surface area contributed by atoms with Crippen LogP contribution in [0.1, 0.15) is 32.6 Å². The summed E-state index contributed by atoms with van der Waals surface area (Å²) in [7, 11) is 1.96. The van der Waals surface area contributed by atoms with E-state index in [9.17, 15) is 0 Å². The molecule has 0 amide bonds. The summed E-state index contributed by atoms with van der Waals surface area (Å²) in [6.45, 7) is 4.79. The summed E-state index contributed by atoms with van der Waals surface area (Å²) in [5.41, 5.74) is 6.85. The van der Waals surface area contributed by atoms with E-state index in [-0.39, 0.29) is 0 Å². The number of allylic oxidation sites excluding steroid dienone is 2. The molecule has 1 unspecified atom stereocenters. The largest absolute Gasteiger partial charge is 0.330 e. The van der Waals surface area contributed by atoms with Crippen LogP contribution in [-0.2, 0) is 0 Å². The number of hydrogen-bond acceptors (Lipinski definition) is 3. The van der Waals surface area contributed by atoms with Gasteiger partial charge in [-0.1, -0.05) is 35.4 Å². The molecular formula is C13H26BrN3. The number of unbranched alkanes of at least 4 members (excludes halogenated alkanes) is 1. The maximum Gasteiger partial charge on any atom is 0.0419 e. The van der Waals surface area contributed by atoms with Crippen molar-refractivity contribution in [1.29, 1.82) is 0 Å². The van der Waals surface area contributed by atoms with Crippen LogP contribution in [0.4, 0.5) is 0 Å². The van der Waals surface area contributed by atoms with Crippen molar-refractivity contribution in [2.45, 2.75) is 37.4 Å². The first-order chi connectivity index (χ1) is 8.26. The van der Waals surface area contributed by atoms with Gasteiger partial charge >= 0.3 is 0 Å². The summed E-state index contributed by atoms with van der Waals surface area (Å²) < 4.78 is 0. The lowest BCUT2D eigenvalue weighted by Gasteiger charge is -2.09. The SMILES string of the molecule is CCC/C=C(\C=NCCCNC)C(Br)CCN. The van der Waals surface area contributed by atoms with Crippen LogP contribution < -0.4 is 11.1 Å². The fourth-order valence-electron chi connectivity index (χ4n) is 1.40. The molecule has 3 N–H and O–H groups in total. The zero-order chi connectivity index (χ0) is 12.9. The number of hydrogen-bond donors (Lipinski definition) is 2. The van der Waals surface area contributed by atoms with Crippen LogP contribution in [0.2, 0.25) is 0 Å². The van der Waals surface area contributed by atoms with E-state index < -0.39 is 0 Å². The molecular weight excluding hydrogens is 278 g/mol. The van der Waals surface area contributed by atoms with E-state index in [1.807, 2.05) is 13.3 Å². The van der Waals surface area contributed by atoms with Crippen molar-refractivity contribution in [3.05, 3.63) is 11.6 Å². The van der Waals surface area contributed by atoms with E-state index in [1.54, 1.807) is 0 Å². The van der Waals surface area contributed by atoms with Crippen molar-refractivity contribution in [1.82, 2.24) is 5.32 Å².